The predicted molar refractivity (Wildman–Crippen MR) is 98.3 cm³/mol. The number of benzene rings is 1. The van der Waals surface area contributed by atoms with E-state index < -0.39 is 0 Å². The Morgan fingerprint density at radius 3 is 2.84 bits per heavy atom. The van der Waals surface area contributed by atoms with Crippen molar-refractivity contribution < 1.29 is 4.79 Å². The van der Waals surface area contributed by atoms with Crippen LogP contribution in [0.15, 0.2) is 48.1 Å². The summed E-state index contributed by atoms with van der Waals surface area (Å²) in [5.74, 6) is 0.868. The van der Waals surface area contributed by atoms with Crippen LogP contribution in [0, 0.1) is 0 Å². The number of hydrogen-bond acceptors (Lipinski definition) is 5. The second kappa shape index (κ2) is 8.55. The number of imidazole rings is 1. The van der Waals surface area contributed by atoms with Crippen LogP contribution >= 0.6 is 11.3 Å². The number of carbonyl (C=O) groups excluding carboxylic acids is 1. The minimum absolute atomic E-state index is 0.132. The molecule has 0 radical (unpaired) electrons. The van der Waals surface area contributed by atoms with Gasteiger partial charge in [-0.05, 0) is 5.56 Å². The lowest BCUT2D eigenvalue weighted by molar-refractivity contribution is 0.0946. The Bertz CT molecular complexity index is 812. The van der Waals surface area contributed by atoms with Gasteiger partial charge in [0.05, 0.1) is 11.6 Å². The molecule has 6 nitrogen and oxygen atoms in total. The summed E-state index contributed by atoms with van der Waals surface area (Å²) in [5.41, 5.74) is 1.56. The number of aromatic nitrogens is 3. The van der Waals surface area contributed by atoms with Crippen LogP contribution in [0.2, 0.25) is 0 Å². The summed E-state index contributed by atoms with van der Waals surface area (Å²) in [6.07, 6.45) is 4.51. The van der Waals surface area contributed by atoms with Gasteiger partial charge in [0.2, 0.25) is 0 Å². The van der Waals surface area contributed by atoms with Gasteiger partial charge in [0, 0.05) is 44.3 Å². The van der Waals surface area contributed by atoms with Gasteiger partial charge in [0.25, 0.3) is 5.91 Å². The molecule has 3 aromatic rings. The molecule has 0 saturated heterocycles. The molecule has 0 atom stereocenters. The Hall–Kier alpha value is -2.51. The Balaban J connectivity index is 1.42. The smallest absolute Gasteiger partial charge is 0.271 e. The van der Waals surface area contributed by atoms with E-state index in [4.69, 9.17) is 0 Å². The summed E-state index contributed by atoms with van der Waals surface area (Å²) >= 11 is 1.52. The molecule has 130 valence electrons. The minimum Gasteiger partial charge on any atom is -0.347 e. The van der Waals surface area contributed by atoms with Crippen LogP contribution in [0.3, 0.4) is 0 Å². The summed E-state index contributed by atoms with van der Waals surface area (Å²) < 4.78 is 1.99. The van der Waals surface area contributed by atoms with Crippen LogP contribution in [0.25, 0.3) is 0 Å². The van der Waals surface area contributed by atoms with Gasteiger partial charge in [0.1, 0.15) is 11.5 Å². The molecule has 0 unspecified atom stereocenters. The number of rotatable bonds is 8. The van der Waals surface area contributed by atoms with Gasteiger partial charge >= 0.3 is 0 Å². The van der Waals surface area contributed by atoms with Gasteiger partial charge in [-0.1, -0.05) is 30.3 Å². The first-order valence-electron chi connectivity index (χ1n) is 8.16. The summed E-state index contributed by atoms with van der Waals surface area (Å²) in [7, 11) is 1.98. The highest BCUT2D eigenvalue weighted by Gasteiger charge is 2.10. The molecule has 7 heteroatoms. The van der Waals surface area contributed by atoms with Gasteiger partial charge < -0.3 is 15.2 Å². The first kappa shape index (κ1) is 17.3. The third-order valence-corrected chi connectivity index (χ3v) is 4.71. The molecule has 3 rings (SSSR count). The summed E-state index contributed by atoms with van der Waals surface area (Å²) in [4.78, 5) is 20.8. The Labute approximate surface area is 150 Å². The monoisotopic (exact) mass is 355 g/mol. The van der Waals surface area contributed by atoms with E-state index in [-0.39, 0.29) is 5.91 Å². The van der Waals surface area contributed by atoms with E-state index in [1.807, 2.05) is 53.5 Å². The van der Waals surface area contributed by atoms with E-state index >= 15 is 0 Å². The molecule has 0 aliphatic carbocycles. The molecule has 2 aromatic heterocycles. The third kappa shape index (κ3) is 4.98. The SMILES string of the molecule is Cn1ccnc1CNCCc1nc(C(=O)NCc2ccccc2)cs1. The lowest BCUT2D eigenvalue weighted by atomic mass is 10.2. The Morgan fingerprint density at radius 1 is 1.24 bits per heavy atom. The highest BCUT2D eigenvalue weighted by atomic mass is 32.1. The normalized spacial score (nSPS) is 10.8. The largest absolute Gasteiger partial charge is 0.347 e. The van der Waals surface area contributed by atoms with E-state index in [0.29, 0.717) is 12.2 Å². The molecule has 0 fully saturated rings. The fraction of sp³-hybridized carbons (Fsp3) is 0.278. The highest BCUT2D eigenvalue weighted by molar-refractivity contribution is 7.09. The molecule has 0 bridgehead atoms. The van der Waals surface area contributed by atoms with Crippen molar-refractivity contribution >= 4 is 17.2 Å². The van der Waals surface area contributed by atoms with E-state index in [1.165, 1.54) is 11.3 Å². The second-order valence-corrected chi connectivity index (χ2v) is 6.62. The van der Waals surface area contributed by atoms with Gasteiger partial charge in [-0.25, -0.2) is 9.97 Å². The Kier molecular flexibility index (Phi) is 5.92. The van der Waals surface area contributed by atoms with Gasteiger partial charge in [-0.2, -0.15) is 0 Å². The summed E-state index contributed by atoms with van der Waals surface area (Å²) in [6.45, 7) is 2.03. The average molecular weight is 355 g/mol. The van der Waals surface area contributed by atoms with Crippen molar-refractivity contribution in [2.45, 2.75) is 19.5 Å². The van der Waals surface area contributed by atoms with Crippen LogP contribution in [-0.4, -0.2) is 27.0 Å². The van der Waals surface area contributed by atoms with Gasteiger partial charge in [-0.15, -0.1) is 11.3 Å². The number of amides is 1. The zero-order chi connectivity index (χ0) is 17.5. The minimum atomic E-state index is -0.132. The zero-order valence-electron chi connectivity index (χ0n) is 14.1. The fourth-order valence-electron chi connectivity index (χ4n) is 2.36. The van der Waals surface area contributed by atoms with Crippen molar-refractivity contribution in [3.05, 3.63) is 70.2 Å². The number of thiazole rings is 1. The summed E-state index contributed by atoms with van der Waals surface area (Å²) in [5, 5.41) is 9.01. The van der Waals surface area contributed by atoms with Crippen molar-refractivity contribution in [3.8, 4) is 0 Å². The lowest BCUT2D eigenvalue weighted by Gasteiger charge is -2.04. The van der Waals surface area contributed by atoms with E-state index in [2.05, 4.69) is 20.6 Å². The first-order chi connectivity index (χ1) is 12.2. The van der Waals surface area contributed by atoms with E-state index in [1.54, 1.807) is 6.20 Å². The van der Waals surface area contributed by atoms with Crippen molar-refractivity contribution in [2.24, 2.45) is 7.05 Å². The quantitative estimate of drug-likeness (QED) is 0.607. The molecule has 0 saturated carbocycles. The number of nitrogens with zero attached hydrogens (tertiary/aromatic N) is 3. The number of nitrogens with one attached hydrogen (secondary N) is 2. The molecule has 25 heavy (non-hydrogen) atoms. The predicted octanol–water partition coefficient (Wildman–Crippen LogP) is 2.14. The standard InChI is InChI=1S/C18H21N5OS/c1-23-10-9-20-16(23)12-19-8-7-17-22-15(13-25-17)18(24)21-11-14-5-3-2-4-6-14/h2-6,9-10,13,19H,7-8,11-12H2,1H3,(H,21,24). The van der Waals surface area contributed by atoms with Crippen LogP contribution in [0.4, 0.5) is 0 Å². The van der Waals surface area contributed by atoms with Gasteiger partial charge in [-0.3, -0.25) is 4.79 Å². The Morgan fingerprint density at radius 2 is 2.08 bits per heavy atom. The molecule has 0 aliphatic heterocycles. The maximum Gasteiger partial charge on any atom is 0.271 e. The highest BCUT2D eigenvalue weighted by Crippen LogP contribution is 2.10. The molecule has 2 heterocycles. The average Bonchev–Trinajstić information content (AvgIpc) is 3.27. The topological polar surface area (TPSA) is 71.8 Å². The van der Waals surface area contributed by atoms with Crippen LogP contribution < -0.4 is 10.6 Å². The van der Waals surface area contributed by atoms with Crippen molar-refractivity contribution in [3.63, 3.8) is 0 Å². The van der Waals surface area contributed by atoms with Crippen molar-refractivity contribution in [1.82, 2.24) is 25.2 Å². The fourth-order valence-corrected chi connectivity index (χ4v) is 3.14. The van der Waals surface area contributed by atoms with Gasteiger partial charge in [0.15, 0.2) is 0 Å². The molecule has 1 amide bonds. The third-order valence-electron chi connectivity index (χ3n) is 3.80. The molecular formula is C18H21N5OS. The number of carbonyl (C=O) groups is 1. The maximum absolute atomic E-state index is 12.2. The van der Waals surface area contributed by atoms with Crippen molar-refractivity contribution in [2.75, 3.05) is 6.54 Å². The first-order valence-corrected chi connectivity index (χ1v) is 9.04. The van der Waals surface area contributed by atoms with Crippen LogP contribution in [0.5, 0.6) is 0 Å². The zero-order valence-corrected chi connectivity index (χ0v) is 14.9. The summed E-state index contributed by atoms with van der Waals surface area (Å²) in [6, 6.07) is 9.85. The molecule has 0 spiro atoms. The van der Waals surface area contributed by atoms with Crippen molar-refractivity contribution in [1.29, 1.82) is 0 Å². The van der Waals surface area contributed by atoms with Crippen LogP contribution in [0.1, 0.15) is 26.9 Å². The number of aryl methyl sites for hydroxylation is 1. The lowest BCUT2D eigenvalue weighted by Crippen LogP contribution is -2.23. The van der Waals surface area contributed by atoms with E-state index in [9.17, 15) is 4.79 Å². The van der Waals surface area contributed by atoms with E-state index in [0.717, 1.165) is 35.9 Å². The molecular weight excluding hydrogens is 334 g/mol. The molecule has 0 aliphatic rings. The molecule has 2 N–H and O–H groups in total. The molecule has 1 aromatic carbocycles. The number of hydrogen-bond donors (Lipinski definition) is 2. The maximum atomic E-state index is 12.2. The second-order valence-electron chi connectivity index (χ2n) is 5.68. The van der Waals surface area contributed by atoms with Crippen LogP contribution in [-0.2, 0) is 26.6 Å².